The highest BCUT2D eigenvalue weighted by molar-refractivity contribution is 7.46. The smallest absolute Gasteiger partial charge is 0.304 e. The van der Waals surface area contributed by atoms with Crippen LogP contribution in [0.4, 0.5) is 0 Å². The molecule has 0 atom stereocenters. The summed E-state index contributed by atoms with van der Waals surface area (Å²) in [5.41, 5.74) is 0. The van der Waals surface area contributed by atoms with Crippen molar-refractivity contribution in [3.8, 4) is 0 Å². The number of unbranched alkanes of at least 4 members (excludes halogenated alkanes) is 13. The third-order valence-corrected chi connectivity index (χ3v) is 5.62. The lowest BCUT2D eigenvalue weighted by Gasteiger charge is -2.13. The molecule has 0 fully saturated rings. The molecule has 0 unspecified atom stereocenters. The van der Waals surface area contributed by atoms with E-state index in [0.29, 0.717) is 0 Å². The van der Waals surface area contributed by atoms with Crippen LogP contribution in [0.3, 0.4) is 0 Å². The Kier molecular flexibility index (Phi) is 25.2. The molecule has 0 radical (unpaired) electrons. The van der Waals surface area contributed by atoms with Crippen molar-refractivity contribution < 1.29 is 18.9 Å². The first-order valence-electron chi connectivity index (χ1n) is 11.8. The molecule has 0 aromatic heterocycles. The fraction of sp³-hybridized carbons (Fsp3) is 1.00. The minimum atomic E-state index is -4.25. The average Bonchev–Trinajstić information content (AvgIpc) is 2.66. The molecular formula is C22H50NO4P. The average molecular weight is 424 g/mol. The molecule has 0 rings (SSSR count). The van der Waals surface area contributed by atoms with Crippen LogP contribution in [0.5, 0.6) is 0 Å². The van der Waals surface area contributed by atoms with Gasteiger partial charge in [0.15, 0.2) is 0 Å². The Hall–Kier alpha value is 0.0700. The SMILES string of the molecule is CCCCCCCCCCCCCCCCOP(=O)(O)O.CCN(CC)CC. The van der Waals surface area contributed by atoms with Crippen molar-refractivity contribution in [3.05, 3.63) is 0 Å². The summed E-state index contributed by atoms with van der Waals surface area (Å²) in [6, 6.07) is 0. The van der Waals surface area contributed by atoms with Gasteiger partial charge in [-0.15, -0.1) is 0 Å². The number of hydrogen-bond acceptors (Lipinski definition) is 3. The van der Waals surface area contributed by atoms with Crippen LogP contribution in [0.25, 0.3) is 0 Å². The van der Waals surface area contributed by atoms with Crippen LogP contribution >= 0.6 is 7.82 Å². The molecule has 172 valence electrons. The van der Waals surface area contributed by atoms with Crippen LogP contribution in [0.15, 0.2) is 0 Å². The second-order valence-corrected chi connectivity index (χ2v) is 8.78. The van der Waals surface area contributed by atoms with Crippen molar-refractivity contribution in [3.63, 3.8) is 0 Å². The van der Waals surface area contributed by atoms with E-state index in [1.165, 1.54) is 90.3 Å². The van der Waals surface area contributed by atoms with Gasteiger partial charge in [-0.3, -0.25) is 4.52 Å². The van der Waals surface area contributed by atoms with Gasteiger partial charge in [-0.1, -0.05) is 111 Å². The lowest BCUT2D eigenvalue weighted by atomic mass is 10.0. The number of hydrogen-bond donors (Lipinski definition) is 2. The second kappa shape index (κ2) is 23.3. The summed E-state index contributed by atoms with van der Waals surface area (Å²) in [7, 11) is -4.25. The zero-order valence-electron chi connectivity index (χ0n) is 19.3. The minimum Gasteiger partial charge on any atom is -0.304 e. The molecule has 0 aromatic rings. The lowest BCUT2D eigenvalue weighted by Crippen LogP contribution is -2.21. The van der Waals surface area contributed by atoms with Crippen molar-refractivity contribution >= 4 is 7.82 Å². The minimum absolute atomic E-state index is 0.169. The summed E-state index contributed by atoms with van der Waals surface area (Å²) in [5, 5.41) is 0. The predicted molar refractivity (Wildman–Crippen MR) is 122 cm³/mol. The van der Waals surface area contributed by atoms with Gasteiger partial charge in [-0.2, -0.15) is 0 Å². The van der Waals surface area contributed by atoms with Gasteiger partial charge in [0.25, 0.3) is 0 Å². The molecule has 0 saturated carbocycles. The molecule has 0 aliphatic heterocycles. The Balaban J connectivity index is 0. The quantitative estimate of drug-likeness (QED) is 0.174. The Morgan fingerprint density at radius 3 is 1.18 bits per heavy atom. The van der Waals surface area contributed by atoms with Crippen LogP contribution in [-0.4, -0.2) is 40.9 Å². The van der Waals surface area contributed by atoms with E-state index in [0.717, 1.165) is 19.3 Å². The highest BCUT2D eigenvalue weighted by Gasteiger charge is 2.12. The van der Waals surface area contributed by atoms with Crippen LogP contribution in [0.2, 0.25) is 0 Å². The molecule has 0 saturated heterocycles. The van der Waals surface area contributed by atoms with Crippen LogP contribution in [0.1, 0.15) is 118 Å². The maximum Gasteiger partial charge on any atom is 0.469 e. The monoisotopic (exact) mass is 423 g/mol. The molecule has 5 nitrogen and oxygen atoms in total. The first-order valence-corrected chi connectivity index (χ1v) is 13.4. The molecule has 0 aliphatic carbocycles. The van der Waals surface area contributed by atoms with Gasteiger partial charge in [0.05, 0.1) is 6.61 Å². The molecular weight excluding hydrogens is 373 g/mol. The Bertz CT molecular complexity index is 327. The Labute approximate surface area is 175 Å². The van der Waals surface area contributed by atoms with Gasteiger partial charge in [0.1, 0.15) is 0 Å². The molecule has 0 amide bonds. The zero-order valence-corrected chi connectivity index (χ0v) is 20.2. The van der Waals surface area contributed by atoms with Gasteiger partial charge >= 0.3 is 7.82 Å². The molecule has 2 N–H and O–H groups in total. The van der Waals surface area contributed by atoms with Gasteiger partial charge in [0, 0.05) is 0 Å². The number of nitrogens with zero attached hydrogens (tertiary/aromatic N) is 1. The molecule has 0 heterocycles. The fourth-order valence-electron chi connectivity index (χ4n) is 3.15. The zero-order chi connectivity index (χ0) is 21.5. The van der Waals surface area contributed by atoms with E-state index in [9.17, 15) is 4.57 Å². The fourth-order valence-corrected chi connectivity index (χ4v) is 3.52. The molecule has 0 aromatic carbocycles. The predicted octanol–water partition coefficient (Wildman–Crippen LogP) is 6.93. The highest BCUT2D eigenvalue weighted by atomic mass is 31.2. The van der Waals surface area contributed by atoms with E-state index in [4.69, 9.17) is 9.79 Å². The normalized spacial score (nSPS) is 11.5. The number of phosphoric acid groups is 1. The third kappa shape index (κ3) is 28.3. The molecule has 28 heavy (non-hydrogen) atoms. The van der Waals surface area contributed by atoms with E-state index in [2.05, 4.69) is 37.1 Å². The van der Waals surface area contributed by atoms with E-state index in [-0.39, 0.29) is 6.61 Å². The largest absolute Gasteiger partial charge is 0.469 e. The first-order chi connectivity index (χ1) is 13.4. The van der Waals surface area contributed by atoms with Crippen molar-refractivity contribution in [2.24, 2.45) is 0 Å². The summed E-state index contributed by atoms with van der Waals surface area (Å²) in [6.45, 7) is 12.5. The molecule has 0 spiro atoms. The molecule has 0 aliphatic rings. The summed E-state index contributed by atoms with van der Waals surface area (Å²) < 4.78 is 14.8. The first kappa shape index (κ1) is 30.3. The highest BCUT2D eigenvalue weighted by Crippen LogP contribution is 2.35. The molecule has 6 heteroatoms. The summed E-state index contributed by atoms with van der Waals surface area (Å²) in [5.74, 6) is 0. The molecule has 0 bridgehead atoms. The summed E-state index contributed by atoms with van der Waals surface area (Å²) >= 11 is 0. The van der Waals surface area contributed by atoms with E-state index >= 15 is 0 Å². The van der Waals surface area contributed by atoms with Crippen molar-refractivity contribution in [1.82, 2.24) is 4.90 Å². The second-order valence-electron chi connectivity index (χ2n) is 7.54. The van der Waals surface area contributed by atoms with E-state index in [1.807, 2.05) is 0 Å². The van der Waals surface area contributed by atoms with Gasteiger partial charge < -0.3 is 14.7 Å². The Morgan fingerprint density at radius 1 is 0.607 bits per heavy atom. The van der Waals surface area contributed by atoms with Crippen LogP contribution in [0, 0.1) is 0 Å². The standard InChI is InChI=1S/C16H35O4P.C6H15N/c1-2-3-4-5-6-7-8-9-10-11-12-13-14-15-16-20-21(17,18)19;1-4-7(5-2)6-3/h2-16H2,1H3,(H2,17,18,19);4-6H2,1-3H3. The van der Waals surface area contributed by atoms with Crippen molar-refractivity contribution in [2.45, 2.75) is 118 Å². The van der Waals surface area contributed by atoms with Crippen LogP contribution in [-0.2, 0) is 9.09 Å². The summed E-state index contributed by atoms with van der Waals surface area (Å²) in [6.07, 6.45) is 17.8. The number of rotatable bonds is 19. The van der Waals surface area contributed by atoms with E-state index < -0.39 is 7.82 Å². The van der Waals surface area contributed by atoms with Gasteiger partial charge in [-0.25, -0.2) is 4.57 Å². The van der Waals surface area contributed by atoms with Gasteiger partial charge in [0.2, 0.25) is 0 Å². The van der Waals surface area contributed by atoms with Crippen molar-refractivity contribution in [1.29, 1.82) is 0 Å². The third-order valence-electron chi connectivity index (χ3n) is 5.10. The van der Waals surface area contributed by atoms with E-state index in [1.54, 1.807) is 0 Å². The summed E-state index contributed by atoms with van der Waals surface area (Å²) in [4.78, 5) is 19.4. The topological polar surface area (TPSA) is 70.0 Å². The van der Waals surface area contributed by atoms with Crippen molar-refractivity contribution in [2.75, 3.05) is 26.2 Å². The Morgan fingerprint density at radius 2 is 0.929 bits per heavy atom. The maximum absolute atomic E-state index is 10.4. The van der Waals surface area contributed by atoms with Crippen LogP contribution < -0.4 is 0 Å². The lowest BCUT2D eigenvalue weighted by molar-refractivity contribution is 0.193. The maximum atomic E-state index is 10.4. The number of phosphoric ester groups is 1. The van der Waals surface area contributed by atoms with Gasteiger partial charge in [-0.05, 0) is 26.1 Å².